The minimum Gasteiger partial charge on any atom is -0.352 e. The third-order valence-corrected chi connectivity index (χ3v) is 7.09. The molecule has 0 unspecified atom stereocenters. The molecule has 2 heterocycles. The zero-order valence-corrected chi connectivity index (χ0v) is 25.3. The minimum atomic E-state index is -0.867. The highest BCUT2D eigenvalue weighted by molar-refractivity contribution is 5.94. The summed E-state index contributed by atoms with van der Waals surface area (Å²) in [6, 6.07) is 6.95. The molecule has 0 spiro atoms. The Morgan fingerprint density at radius 1 is 0.905 bits per heavy atom. The van der Waals surface area contributed by atoms with E-state index in [0.29, 0.717) is 37.9 Å². The number of nitrogens with zero attached hydrogens (tertiary/aromatic N) is 4. The number of nitrogens with one attached hydrogen (secondary N) is 4. The third-order valence-electron chi connectivity index (χ3n) is 7.09. The number of fused-ring (bicyclic) bond motifs is 2. The maximum absolute atomic E-state index is 13.6. The molecule has 12 nitrogen and oxygen atoms in total. The lowest BCUT2D eigenvalue weighted by Crippen LogP contribution is -2.57. The summed E-state index contributed by atoms with van der Waals surface area (Å²) in [6.45, 7) is 5.46. The van der Waals surface area contributed by atoms with Gasteiger partial charge < -0.3 is 26.2 Å². The molecule has 1 aliphatic heterocycles. The monoisotopic (exact) mass is 582 g/mol. The Balaban J connectivity index is 1.85. The van der Waals surface area contributed by atoms with Crippen molar-refractivity contribution < 1.29 is 19.2 Å². The largest absolute Gasteiger partial charge is 0.352 e. The normalized spacial score (nSPS) is 21.2. The number of hydrogen-bond donors (Lipinski definition) is 4. The molecular formula is C30H46N8O4. The summed E-state index contributed by atoms with van der Waals surface area (Å²) in [7, 11) is 3.98. The molecular weight excluding hydrogens is 536 g/mol. The number of rotatable bonds is 9. The van der Waals surface area contributed by atoms with Gasteiger partial charge in [-0.3, -0.25) is 23.9 Å². The van der Waals surface area contributed by atoms with Crippen molar-refractivity contribution in [2.45, 2.75) is 83.5 Å². The fourth-order valence-electron chi connectivity index (χ4n) is 4.84. The predicted molar refractivity (Wildman–Crippen MR) is 159 cm³/mol. The van der Waals surface area contributed by atoms with Crippen LogP contribution < -0.4 is 21.3 Å². The van der Waals surface area contributed by atoms with Gasteiger partial charge in [-0.05, 0) is 57.8 Å². The Morgan fingerprint density at radius 3 is 2.33 bits per heavy atom. The zero-order chi connectivity index (χ0) is 30.5. The fourth-order valence-corrected chi connectivity index (χ4v) is 4.84. The first-order chi connectivity index (χ1) is 20.1. The summed E-state index contributed by atoms with van der Waals surface area (Å²) < 4.78 is 1.61. The van der Waals surface area contributed by atoms with E-state index in [1.54, 1.807) is 10.9 Å². The number of amides is 4. The van der Waals surface area contributed by atoms with Gasteiger partial charge in [0.25, 0.3) is 0 Å². The highest BCUT2D eigenvalue weighted by Gasteiger charge is 2.30. The second-order valence-electron chi connectivity index (χ2n) is 11.6. The molecule has 0 saturated heterocycles. The van der Waals surface area contributed by atoms with Crippen LogP contribution in [0.25, 0.3) is 0 Å². The van der Waals surface area contributed by atoms with Crippen LogP contribution in [-0.2, 0) is 38.6 Å². The van der Waals surface area contributed by atoms with Crippen LogP contribution in [0.3, 0.4) is 0 Å². The highest BCUT2D eigenvalue weighted by atomic mass is 16.2. The van der Waals surface area contributed by atoms with Crippen molar-refractivity contribution in [1.29, 1.82) is 0 Å². The van der Waals surface area contributed by atoms with Gasteiger partial charge in [0.2, 0.25) is 23.6 Å². The van der Waals surface area contributed by atoms with E-state index in [4.69, 9.17) is 0 Å². The summed E-state index contributed by atoms with van der Waals surface area (Å²) in [5, 5.41) is 19.8. The lowest BCUT2D eigenvalue weighted by molar-refractivity contribution is -0.134. The Morgan fingerprint density at radius 2 is 1.62 bits per heavy atom. The van der Waals surface area contributed by atoms with E-state index in [1.165, 1.54) is 0 Å². The second kappa shape index (κ2) is 16.6. The SMILES string of the molecule is CC(C)C[C@@H]1NC(=O)[C@H](CCCCN(C)C)NC(=O)CCc2cn(nn2)CCNC(=O)[C@H](Cc2ccccc2)NC1=O. The van der Waals surface area contributed by atoms with E-state index in [-0.39, 0.29) is 30.7 Å². The Hall–Kier alpha value is -3.80. The molecule has 4 N–H and O–H groups in total. The molecule has 42 heavy (non-hydrogen) atoms. The molecule has 0 saturated carbocycles. The second-order valence-corrected chi connectivity index (χ2v) is 11.6. The fraction of sp³-hybridized carbons (Fsp3) is 0.600. The molecule has 3 rings (SSSR count). The van der Waals surface area contributed by atoms with Crippen molar-refractivity contribution in [2.24, 2.45) is 5.92 Å². The van der Waals surface area contributed by atoms with Gasteiger partial charge in [0, 0.05) is 32.0 Å². The molecule has 12 heteroatoms. The number of benzene rings is 1. The van der Waals surface area contributed by atoms with E-state index < -0.39 is 29.9 Å². The van der Waals surface area contributed by atoms with Crippen LogP contribution in [0.1, 0.15) is 57.2 Å². The van der Waals surface area contributed by atoms with Crippen LogP contribution in [0.2, 0.25) is 0 Å². The molecule has 1 aromatic carbocycles. The molecule has 1 aromatic heterocycles. The molecule has 2 bridgehead atoms. The number of unbranched alkanes of at least 4 members (excludes halogenated alkanes) is 1. The van der Waals surface area contributed by atoms with Gasteiger partial charge >= 0.3 is 0 Å². The van der Waals surface area contributed by atoms with Crippen LogP contribution in [0.5, 0.6) is 0 Å². The van der Waals surface area contributed by atoms with Gasteiger partial charge in [-0.15, -0.1) is 5.10 Å². The van der Waals surface area contributed by atoms with Crippen molar-refractivity contribution in [3.8, 4) is 0 Å². The van der Waals surface area contributed by atoms with Gasteiger partial charge in [-0.2, -0.15) is 0 Å². The maximum atomic E-state index is 13.6. The Labute approximate surface area is 248 Å². The van der Waals surface area contributed by atoms with Gasteiger partial charge in [-0.25, -0.2) is 0 Å². The Bertz CT molecular complexity index is 1170. The van der Waals surface area contributed by atoms with Crippen molar-refractivity contribution in [1.82, 2.24) is 41.2 Å². The zero-order valence-electron chi connectivity index (χ0n) is 25.3. The summed E-state index contributed by atoms with van der Waals surface area (Å²) in [5.41, 5.74) is 1.54. The van der Waals surface area contributed by atoms with Gasteiger partial charge in [0.1, 0.15) is 18.1 Å². The number of carbonyl (C=O) groups is 4. The van der Waals surface area contributed by atoms with E-state index >= 15 is 0 Å². The van der Waals surface area contributed by atoms with Crippen LogP contribution >= 0.6 is 0 Å². The molecule has 4 amide bonds. The van der Waals surface area contributed by atoms with Crippen LogP contribution in [0, 0.1) is 5.92 Å². The van der Waals surface area contributed by atoms with Gasteiger partial charge in [0.15, 0.2) is 0 Å². The predicted octanol–water partition coefficient (Wildman–Crippen LogP) is 0.816. The average Bonchev–Trinajstić information content (AvgIpc) is 3.40. The number of aromatic nitrogens is 3. The first kappa shape index (κ1) is 32.7. The smallest absolute Gasteiger partial charge is 0.243 e. The van der Waals surface area contributed by atoms with Crippen LogP contribution in [0.15, 0.2) is 36.5 Å². The van der Waals surface area contributed by atoms with Gasteiger partial charge in [-0.1, -0.05) is 49.4 Å². The lowest BCUT2D eigenvalue weighted by Gasteiger charge is -2.26. The van der Waals surface area contributed by atoms with Crippen LogP contribution in [0.4, 0.5) is 0 Å². The Kier molecular flexibility index (Phi) is 12.9. The standard InChI is InChI=1S/C30H46N8O4/c1-21(2)18-25-30(42)34-26(19-22-10-6-5-7-11-22)28(40)31-15-17-38-20-23(35-36-38)13-14-27(39)32-24(29(41)33-25)12-8-9-16-37(3)4/h5-7,10-11,20-21,24-26H,8-9,12-19H2,1-4H3,(H,31,40)(H,32,39)(H,33,41)(H,34,42)/t24-,25-,26-/m0/s1. The van der Waals surface area contributed by atoms with E-state index in [9.17, 15) is 19.2 Å². The molecule has 0 radical (unpaired) electrons. The van der Waals surface area contributed by atoms with Gasteiger partial charge in [0.05, 0.1) is 12.2 Å². The van der Waals surface area contributed by atoms with E-state index in [2.05, 4.69) is 36.5 Å². The molecule has 0 aliphatic carbocycles. The quantitative estimate of drug-likeness (QED) is 0.320. The first-order valence-corrected chi connectivity index (χ1v) is 14.9. The lowest BCUT2D eigenvalue weighted by atomic mass is 10.00. The van der Waals surface area contributed by atoms with Crippen molar-refractivity contribution >= 4 is 23.6 Å². The minimum absolute atomic E-state index is 0.0961. The summed E-state index contributed by atoms with van der Waals surface area (Å²) >= 11 is 0. The highest BCUT2D eigenvalue weighted by Crippen LogP contribution is 2.11. The number of aryl methyl sites for hydroxylation is 1. The number of carbonyl (C=O) groups excluding carboxylic acids is 4. The number of hydrogen-bond acceptors (Lipinski definition) is 7. The summed E-state index contributed by atoms with van der Waals surface area (Å²) in [6.07, 6.45) is 4.96. The third kappa shape index (κ3) is 11.2. The summed E-state index contributed by atoms with van der Waals surface area (Å²) in [4.78, 5) is 55.4. The molecule has 0 fully saturated rings. The maximum Gasteiger partial charge on any atom is 0.243 e. The average molecular weight is 583 g/mol. The molecule has 3 atom stereocenters. The van der Waals surface area contributed by atoms with E-state index in [0.717, 1.165) is 24.9 Å². The molecule has 230 valence electrons. The molecule has 1 aliphatic rings. The van der Waals surface area contributed by atoms with Crippen LogP contribution in [-0.4, -0.2) is 88.8 Å². The molecule has 2 aromatic rings. The van der Waals surface area contributed by atoms with Crippen molar-refractivity contribution in [2.75, 3.05) is 27.2 Å². The van der Waals surface area contributed by atoms with Crippen molar-refractivity contribution in [3.05, 3.63) is 47.8 Å². The van der Waals surface area contributed by atoms with E-state index in [1.807, 2.05) is 58.3 Å². The van der Waals surface area contributed by atoms with Crippen molar-refractivity contribution in [3.63, 3.8) is 0 Å². The summed E-state index contributed by atoms with van der Waals surface area (Å²) in [5.74, 6) is -1.34. The topological polar surface area (TPSA) is 150 Å². The first-order valence-electron chi connectivity index (χ1n) is 14.9.